The fourth-order valence-electron chi connectivity index (χ4n) is 4.77. The first-order chi connectivity index (χ1) is 15.1. The molecule has 2 fully saturated rings. The van der Waals surface area contributed by atoms with Crippen LogP contribution in [0.25, 0.3) is 0 Å². The van der Waals surface area contributed by atoms with E-state index in [4.69, 9.17) is 0 Å². The Morgan fingerprint density at radius 1 is 1.13 bits per heavy atom. The normalized spacial score (nSPS) is 20.6. The van der Waals surface area contributed by atoms with Crippen LogP contribution in [0.1, 0.15) is 42.5 Å². The van der Waals surface area contributed by atoms with Crippen LogP contribution in [0.5, 0.6) is 0 Å². The molecular formula is C25H35N5O. The molecule has 0 radical (unpaired) electrons. The molecule has 4 rings (SSSR count). The van der Waals surface area contributed by atoms with Crippen molar-refractivity contribution in [2.75, 3.05) is 37.6 Å². The Balaban J connectivity index is 1.20. The molecule has 6 heteroatoms. The van der Waals surface area contributed by atoms with Crippen molar-refractivity contribution in [1.82, 2.24) is 20.2 Å². The average Bonchev–Trinajstić information content (AvgIpc) is 2.78. The minimum absolute atomic E-state index is 0.0271. The van der Waals surface area contributed by atoms with Gasteiger partial charge >= 0.3 is 0 Å². The van der Waals surface area contributed by atoms with Crippen molar-refractivity contribution >= 4 is 11.9 Å². The highest BCUT2D eigenvalue weighted by Crippen LogP contribution is 2.22. The van der Waals surface area contributed by atoms with Gasteiger partial charge in [-0.3, -0.25) is 9.69 Å². The van der Waals surface area contributed by atoms with Crippen LogP contribution in [-0.4, -0.2) is 53.5 Å². The number of aryl methyl sites for hydroxylation is 2. The van der Waals surface area contributed by atoms with E-state index in [1.165, 1.54) is 11.1 Å². The molecule has 1 atom stereocenters. The molecule has 0 aliphatic carbocycles. The van der Waals surface area contributed by atoms with E-state index in [9.17, 15) is 4.79 Å². The fourth-order valence-corrected chi connectivity index (χ4v) is 4.77. The molecule has 2 aliphatic heterocycles. The summed E-state index contributed by atoms with van der Waals surface area (Å²) < 4.78 is 0. The zero-order chi connectivity index (χ0) is 21.6. The summed E-state index contributed by atoms with van der Waals surface area (Å²) in [4.78, 5) is 26.5. The van der Waals surface area contributed by atoms with Gasteiger partial charge in [0.15, 0.2) is 0 Å². The molecule has 0 spiro atoms. The number of carbonyl (C=O) groups excluding carboxylic acids is 1. The van der Waals surface area contributed by atoms with E-state index >= 15 is 0 Å². The minimum atomic E-state index is 0.0271. The second-order valence-electron chi connectivity index (χ2n) is 9.24. The first-order valence-electron chi connectivity index (χ1n) is 11.7. The molecule has 31 heavy (non-hydrogen) atoms. The number of carbonyl (C=O) groups is 1. The van der Waals surface area contributed by atoms with Crippen molar-refractivity contribution in [3.05, 3.63) is 53.3 Å². The standard InChI is InChI=1S/C25H35N5O/c1-19-5-3-6-22(15-19)17-29-13-9-21(10-14-29)16-27-24(31)23-7-4-12-30(18-23)25-26-11-8-20(2)28-25/h3,5-6,8,11,15,21,23H,4,7,9-10,12-14,16-18H2,1-2H3,(H,27,31)/t23-/m1/s1. The number of likely N-dealkylation sites (tertiary alicyclic amines) is 1. The van der Waals surface area contributed by atoms with Gasteiger partial charge in [0.2, 0.25) is 11.9 Å². The van der Waals surface area contributed by atoms with Gasteiger partial charge in [0.1, 0.15) is 0 Å². The summed E-state index contributed by atoms with van der Waals surface area (Å²) in [6.07, 6.45) is 6.06. The number of piperidine rings is 2. The second-order valence-corrected chi connectivity index (χ2v) is 9.24. The summed E-state index contributed by atoms with van der Waals surface area (Å²) in [7, 11) is 0. The van der Waals surface area contributed by atoms with Crippen LogP contribution in [0.3, 0.4) is 0 Å². The fraction of sp³-hybridized carbons (Fsp3) is 0.560. The molecule has 1 N–H and O–H groups in total. The molecule has 3 heterocycles. The van der Waals surface area contributed by atoms with Gasteiger partial charge in [0.25, 0.3) is 0 Å². The molecule has 1 aromatic heterocycles. The summed E-state index contributed by atoms with van der Waals surface area (Å²) in [6, 6.07) is 10.7. The molecular weight excluding hydrogens is 386 g/mol. The first kappa shape index (κ1) is 21.8. The van der Waals surface area contributed by atoms with Crippen molar-refractivity contribution in [1.29, 1.82) is 0 Å². The van der Waals surface area contributed by atoms with Gasteiger partial charge in [-0.05, 0) is 70.2 Å². The topological polar surface area (TPSA) is 61.4 Å². The smallest absolute Gasteiger partial charge is 0.225 e. The quantitative estimate of drug-likeness (QED) is 0.775. The van der Waals surface area contributed by atoms with Crippen molar-refractivity contribution in [2.45, 2.75) is 46.1 Å². The average molecular weight is 422 g/mol. The Kier molecular flexibility index (Phi) is 7.17. The lowest BCUT2D eigenvalue weighted by Crippen LogP contribution is -2.45. The molecule has 2 saturated heterocycles. The van der Waals surface area contributed by atoms with Crippen LogP contribution >= 0.6 is 0 Å². The maximum absolute atomic E-state index is 12.8. The van der Waals surface area contributed by atoms with E-state index in [0.717, 1.165) is 70.0 Å². The third-order valence-corrected chi connectivity index (χ3v) is 6.62. The van der Waals surface area contributed by atoms with Crippen molar-refractivity contribution in [3.63, 3.8) is 0 Å². The molecule has 0 bridgehead atoms. The van der Waals surface area contributed by atoms with Gasteiger partial charge in [-0.1, -0.05) is 29.8 Å². The lowest BCUT2D eigenvalue weighted by molar-refractivity contribution is -0.125. The Bertz CT molecular complexity index is 878. The number of hydrogen-bond donors (Lipinski definition) is 1. The largest absolute Gasteiger partial charge is 0.356 e. The lowest BCUT2D eigenvalue weighted by Gasteiger charge is -2.34. The minimum Gasteiger partial charge on any atom is -0.356 e. The first-order valence-corrected chi connectivity index (χ1v) is 11.7. The summed E-state index contributed by atoms with van der Waals surface area (Å²) >= 11 is 0. The summed E-state index contributed by atoms with van der Waals surface area (Å²) in [5.41, 5.74) is 3.68. The number of rotatable bonds is 6. The third-order valence-electron chi connectivity index (χ3n) is 6.62. The molecule has 0 unspecified atom stereocenters. The maximum Gasteiger partial charge on any atom is 0.225 e. The van der Waals surface area contributed by atoms with Crippen LogP contribution in [0, 0.1) is 25.7 Å². The maximum atomic E-state index is 12.8. The monoisotopic (exact) mass is 421 g/mol. The summed E-state index contributed by atoms with van der Waals surface area (Å²) in [5.74, 6) is 1.55. The predicted octanol–water partition coefficient (Wildman–Crippen LogP) is 3.34. The molecule has 1 amide bonds. The molecule has 2 aliphatic rings. The van der Waals surface area contributed by atoms with E-state index in [-0.39, 0.29) is 11.8 Å². The van der Waals surface area contributed by atoms with E-state index in [1.54, 1.807) is 6.20 Å². The van der Waals surface area contributed by atoms with Crippen LogP contribution in [0.4, 0.5) is 5.95 Å². The highest BCUT2D eigenvalue weighted by atomic mass is 16.1. The van der Waals surface area contributed by atoms with Gasteiger partial charge in [-0.2, -0.15) is 0 Å². The molecule has 166 valence electrons. The number of anilines is 1. The number of aromatic nitrogens is 2. The molecule has 2 aromatic rings. The van der Waals surface area contributed by atoms with Crippen LogP contribution in [-0.2, 0) is 11.3 Å². The zero-order valence-corrected chi connectivity index (χ0v) is 18.9. The van der Waals surface area contributed by atoms with E-state index in [1.807, 2.05) is 13.0 Å². The Morgan fingerprint density at radius 3 is 2.74 bits per heavy atom. The van der Waals surface area contributed by atoms with Gasteiger partial charge in [-0.15, -0.1) is 0 Å². The molecule has 0 saturated carbocycles. The van der Waals surface area contributed by atoms with Crippen molar-refractivity contribution in [3.8, 4) is 0 Å². The van der Waals surface area contributed by atoms with Crippen molar-refractivity contribution < 1.29 is 4.79 Å². The van der Waals surface area contributed by atoms with Crippen molar-refractivity contribution in [2.24, 2.45) is 11.8 Å². The number of hydrogen-bond acceptors (Lipinski definition) is 5. The zero-order valence-electron chi connectivity index (χ0n) is 18.9. The Hall–Kier alpha value is -2.47. The second kappa shape index (κ2) is 10.2. The highest BCUT2D eigenvalue weighted by molar-refractivity contribution is 5.79. The van der Waals surface area contributed by atoms with E-state index in [2.05, 4.69) is 56.3 Å². The van der Waals surface area contributed by atoms with Gasteiger partial charge < -0.3 is 10.2 Å². The lowest BCUT2D eigenvalue weighted by atomic mass is 9.94. The molecule has 1 aromatic carbocycles. The molecule has 6 nitrogen and oxygen atoms in total. The Morgan fingerprint density at radius 2 is 1.97 bits per heavy atom. The van der Waals surface area contributed by atoms with Crippen LogP contribution < -0.4 is 10.2 Å². The van der Waals surface area contributed by atoms with E-state index in [0.29, 0.717) is 12.5 Å². The van der Waals surface area contributed by atoms with Gasteiger partial charge in [0, 0.05) is 38.1 Å². The Labute approximate surface area is 186 Å². The van der Waals surface area contributed by atoms with Crippen LogP contribution in [0.15, 0.2) is 36.5 Å². The van der Waals surface area contributed by atoms with E-state index < -0.39 is 0 Å². The summed E-state index contributed by atoms with van der Waals surface area (Å²) in [6.45, 7) is 9.81. The number of benzene rings is 1. The SMILES string of the molecule is Cc1cccc(CN2CCC(CNC(=O)[C@@H]3CCCN(c4nccc(C)n4)C3)CC2)c1. The number of amides is 1. The van der Waals surface area contributed by atoms with Gasteiger partial charge in [-0.25, -0.2) is 9.97 Å². The number of nitrogens with zero attached hydrogens (tertiary/aromatic N) is 4. The highest BCUT2D eigenvalue weighted by Gasteiger charge is 2.28. The predicted molar refractivity (Wildman–Crippen MR) is 124 cm³/mol. The third kappa shape index (κ3) is 6.03. The van der Waals surface area contributed by atoms with Gasteiger partial charge in [0.05, 0.1) is 5.92 Å². The summed E-state index contributed by atoms with van der Waals surface area (Å²) in [5, 5.41) is 3.25. The number of nitrogens with one attached hydrogen (secondary N) is 1. The van der Waals surface area contributed by atoms with Crippen LogP contribution in [0.2, 0.25) is 0 Å².